The first-order valence-corrected chi connectivity index (χ1v) is 7.67. The van der Waals surface area contributed by atoms with Gasteiger partial charge in [0.25, 0.3) is 5.91 Å². The summed E-state index contributed by atoms with van der Waals surface area (Å²) in [5.74, 6) is 0.0187. The highest BCUT2D eigenvalue weighted by atomic mass is 79.9. The minimum atomic E-state index is 0.0187. The van der Waals surface area contributed by atoms with Crippen molar-refractivity contribution >= 4 is 40.7 Å². The average molecular weight is 319 g/mol. The second-order valence-corrected chi connectivity index (χ2v) is 6.36. The van der Waals surface area contributed by atoms with Gasteiger partial charge in [-0.25, -0.2) is 0 Å². The van der Waals surface area contributed by atoms with E-state index in [1.807, 2.05) is 12.1 Å². The summed E-state index contributed by atoms with van der Waals surface area (Å²) in [6, 6.07) is 2.31. The van der Waals surface area contributed by atoms with Crippen LogP contribution in [0, 0.1) is 0 Å². The number of amides is 1. The molecule has 5 heteroatoms. The molecule has 0 bridgehead atoms. The lowest BCUT2D eigenvalue weighted by Gasteiger charge is -2.22. The van der Waals surface area contributed by atoms with E-state index in [-0.39, 0.29) is 5.91 Å². The second kappa shape index (κ2) is 5.49. The molecule has 2 heterocycles. The molecule has 0 aromatic carbocycles. The molecule has 3 rings (SSSR count). The number of nitrogens with one attached hydrogen (secondary N) is 1. The number of fused-ring (bicyclic) bond motifs is 1. The molecule has 1 aromatic rings. The van der Waals surface area contributed by atoms with Crippen LogP contribution in [0.5, 0.6) is 0 Å². The number of aromatic nitrogens is 1. The predicted octanol–water partition coefficient (Wildman–Crippen LogP) is 1.91. The fraction of sp³-hybridized carbons (Fsp3) is 0.429. The minimum absolute atomic E-state index is 0.0187. The van der Waals surface area contributed by atoms with Gasteiger partial charge in [-0.05, 0) is 23.3 Å². The third kappa shape index (κ3) is 2.91. The highest BCUT2D eigenvalue weighted by molar-refractivity contribution is 9.12. The standard InChI is InChI=1S/C14H16BBrN2O/c16-13-7-12-11(15-13)6-9(8-17-12)14(19)18-10-4-2-1-3-5-10/h6-8,10,15H,1-5H2,(H,18,19). The van der Waals surface area contributed by atoms with E-state index in [0.717, 1.165) is 35.7 Å². The third-order valence-corrected chi connectivity index (χ3v) is 4.37. The summed E-state index contributed by atoms with van der Waals surface area (Å²) in [5.41, 5.74) is 2.78. The van der Waals surface area contributed by atoms with Crippen molar-refractivity contribution in [1.82, 2.24) is 10.3 Å². The first kappa shape index (κ1) is 12.9. The van der Waals surface area contributed by atoms with E-state index in [2.05, 4.69) is 26.2 Å². The smallest absolute Gasteiger partial charge is 0.253 e. The first-order chi connectivity index (χ1) is 9.22. The van der Waals surface area contributed by atoms with Gasteiger partial charge in [0.15, 0.2) is 0 Å². The molecule has 0 radical (unpaired) electrons. The van der Waals surface area contributed by atoms with Crippen LogP contribution < -0.4 is 10.8 Å². The molecule has 1 saturated carbocycles. The summed E-state index contributed by atoms with van der Waals surface area (Å²) < 4.78 is 1.12. The summed E-state index contributed by atoms with van der Waals surface area (Å²) >= 11 is 3.48. The lowest BCUT2D eigenvalue weighted by molar-refractivity contribution is 0.0927. The van der Waals surface area contributed by atoms with E-state index >= 15 is 0 Å². The molecule has 98 valence electrons. The molecule has 0 saturated heterocycles. The van der Waals surface area contributed by atoms with Gasteiger partial charge < -0.3 is 5.32 Å². The summed E-state index contributed by atoms with van der Waals surface area (Å²) in [7, 11) is 0.840. The maximum Gasteiger partial charge on any atom is 0.253 e. The van der Waals surface area contributed by atoms with Gasteiger partial charge in [0.2, 0.25) is 7.28 Å². The largest absolute Gasteiger partial charge is 0.349 e. The van der Waals surface area contributed by atoms with Crippen LogP contribution in [0.15, 0.2) is 16.6 Å². The normalized spacial score (nSPS) is 18.5. The zero-order chi connectivity index (χ0) is 13.2. The minimum Gasteiger partial charge on any atom is -0.349 e. The highest BCUT2D eigenvalue weighted by Crippen LogP contribution is 2.18. The third-order valence-electron chi connectivity index (χ3n) is 3.86. The Morgan fingerprint density at radius 1 is 1.37 bits per heavy atom. The van der Waals surface area contributed by atoms with E-state index in [1.165, 1.54) is 19.3 Å². The monoisotopic (exact) mass is 318 g/mol. The zero-order valence-electron chi connectivity index (χ0n) is 10.8. The second-order valence-electron chi connectivity index (χ2n) is 5.34. The van der Waals surface area contributed by atoms with Gasteiger partial charge >= 0.3 is 0 Å². The van der Waals surface area contributed by atoms with Gasteiger partial charge in [-0.1, -0.05) is 46.7 Å². The Bertz CT molecular complexity index is 538. The number of carbonyl (C=O) groups is 1. The molecule has 0 unspecified atom stereocenters. The zero-order valence-corrected chi connectivity index (χ0v) is 12.4. The molecule has 1 fully saturated rings. The first-order valence-electron chi connectivity index (χ1n) is 6.88. The Morgan fingerprint density at radius 2 is 2.16 bits per heavy atom. The van der Waals surface area contributed by atoms with Crippen LogP contribution >= 0.6 is 15.9 Å². The molecule has 1 N–H and O–H groups in total. The molecule has 2 aliphatic rings. The Hall–Kier alpha value is -1.10. The summed E-state index contributed by atoms with van der Waals surface area (Å²) in [4.78, 5) is 16.6. The van der Waals surface area contributed by atoms with Crippen LogP contribution in [0.3, 0.4) is 0 Å². The van der Waals surface area contributed by atoms with E-state index in [0.29, 0.717) is 11.6 Å². The van der Waals surface area contributed by atoms with Gasteiger partial charge in [-0.3, -0.25) is 9.78 Å². The fourth-order valence-corrected chi connectivity index (χ4v) is 3.33. The number of carbonyl (C=O) groups excluding carboxylic acids is 1. The maximum atomic E-state index is 12.2. The van der Waals surface area contributed by atoms with Crippen LogP contribution in [-0.2, 0) is 0 Å². The van der Waals surface area contributed by atoms with Gasteiger partial charge in [0, 0.05) is 12.2 Å². The van der Waals surface area contributed by atoms with Crippen molar-refractivity contribution in [3.63, 3.8) is 0 Å². The van der Waals surface area contributed by atoms with Gasteiger partial charge in [0.05, 0.1) is 11.3 Å². The maximum absolute atomic E-state index is 12.2. The molecule has 1 aliphatic heterocycles. The highest BCUT2D eigenvalue weighted by Gasteiger charge is 2.19. The molecule has 19 heavy (non-hydrogen) atoms. The van der Waals surface area contributed by atoms with Crippen molar-refractivity contribution < 1.29 is 4.79 Å². The van der Waals surface area contributed by atoms with Crippen molar-refractivity contribution in [3.8, 4) is 0 Å². The molecule has 1 amide bonds. The number of nitrogens with zero attached hydrogens (tertiary/aromatic N) is 1. The number of pyridine rings is 1. The Morgan fingerprint density at radius 3 is 2.95 bits per heavy atom. The van der Waals surface area contributed by atoms with Crippen LogP contribution in [0.25, 0.3) is 6.08 Å². The molecule has 0 atom stereocenters. The molecular formula is C14H16BBrN2O. The molecule has 3 nitrogen and oxygen atoms in total. The van der Waals surface area contributed by atoms with Gasteiger partial charge in [-0.15, -0.1) is 0 Å². The fourth-order valence-electron chi connectivity index (χ4n) is 2.81. The average Bonchev–Trinajstić information content (AvgIpc) is 2.78. The molecule has 1 aliphatic carbocycles. The molecule has 0 spiro atoms. The van der Waals surface area contributed by atoms with Crippen LogP contribution in [0.4, 0.5) is 0 Å². The SMILES string of the molecule is O=C(NC1CCCCC1)c1cnc2c(c1)BC(Br)=C2. The van der Waals surface area contributed by atoms with E-state index in [9.17, 15) is 4.79 Å². The van der Waals surface area contributed by atoms with Crippen molar-refractivity contribution in [1.29, 1.82) is 0 Å². The van der Waals surface area contributed by atoms with E-state index in [1.54, 1.807) is 6.20 Å². The van der Waals surface area contributed by atoms with E-state index < -0.39 is 0 Å². The quantitative estimate of drug-likeness (QED) is 0.846. The Balaban J connectivity index is 1.69. The predicted molar refractivity (Wildman–Crippen MR) is 82.3 cm³/mol. The van der Waals surface area contributed by atoms with Crippen molar-refractivity contribution in [2.75, 3.05) is 0 Å². The molecular weight excluding hydrogens is 303 g/mol. The Kier molecular flexibility index (Phi) is 3.73. The van der Waals surface area contributed by atoms with E-state index in [4.69, 9.17) is 0 Å². The van der Waals surface area contributed by atoms with Crippen LogP contribution in [0.2, 0.25) is 0 Å². The Labute approximate surface area is 122 Å². The van der Waals surface area contributed by atoms with Crippen molar-refractivity contribution in [2.24, 2.45) is 0 Å². The topological polar surface area (TPSA) is 42.0 Å². The van der Waals surface area contributed by atoms with Crippen LogP contribution in [0.1, 0.15) is 48.2 Å². The number of hydrogen-bond acceptors (Lipinski definition) is 2. The van der Waals surface area contributed by atoms with Crippen LogP contribution in [-0.4, -0.2) is 24.2 Å². The van der Waals surface area contributed by atoms with Gasteiger partial charge in [-0.2, -0.15) is 0 Å². The summed E-state index contributed by atoms with van der Waals surface area (Å²) in [6.45, 7) is 0. The number of rotatable bonds is 2. The van der Waals surface area contributed by atoms with Crippen molar-refractivity contribution in [2.45, 2.75) is 38.1 Å². The van der Waals surface area contributed by atoms with Crippen molar-refractivity contribution in [3.05, 3.63) is 27.9 Å². The summed E-state index contributed by atoms with van der Waals surface area (Å²) in [6.07, 6.45) is 9.66. The molecule has 1 aromatic heterocycles. The lowest BCUT2D eigenvalue weighted by Crippen LogP contribution is -2.36. The summed E-state index contributed by atoms with van der Waals surface area (Å²) in [5, 5.41) is 3.13. The van der Waals surface area contributed by atoms with Gasteiger partial charge in [0.1, 0.15) is 0 Å². The number of hydrogen-bond donors (Lipinski definition) is 1. The lowest BCUT2D eigenvalue weighted by atomic mass is 9.74. The number of halogens is 1.